The van der Waals surface area contributed by atoms with Crippen LogP contribution in [-0.2, 0) is 11.2 Å². The fraction of sp³-hybridized carbons (Fsp3) is 0.130. The number of hydrazine groups is 1. The zero-order valence-corrected chi connectivity index (χ0v) is 17.9. The molecule has 0 fully saturated rings. The van der Waals surface area contributed by atoms with Gasteiger partial charge in [-0.05, 0) is 31.2 Å². The van der Waals surface area contributed by atoms with Crippen molar-refractivity contribution in [1.29, 1.82) is 0 Å². The van der Waals surface area contributed by atoms with Gasteiger partial charge in [-0.2, -0.15) is 0 Å². The van der Waals surface area contributed by atoms with E-state index in [0.29, 0.717) is 27.8 Å². The van der Waals surface area contributed by atoms with E-state index in [1.54, 1.807) is 19.1 Å². The number of hydrogen-bond acceptors (Lipinski definition) is 6. The Morgan fingerprint density at radius 3 is 2.53 bits per heavy atom. The van der Waals surface area contributed by atoms with Crippen molar-refractivity contribution in [3.05, 3.63) is 83.1 Å². The van der Waals surface area contributed by atoms with Gasteiger partial charge in [0.15, 0.2) is 11.7 Å². The summed E-state index contributed by atoms with van der Waals surface area (Å²) in [5, 5.41) is 0.737. The van der Waals surface area contributed by atoms with E-state index < -0.39 is 5.91 Å². The molecule has 4 aromatic rings. The van der Waals surface area contributed by atoms with Gasteiger partial charge in [-0.1, -0.05) is 30.3 Å². The Morgan fingerprint density at radius 2 is 1.78 bits per heavy atom. The standard InChI is InChI=1S/C23H19FN4O3S/c1-14-21(32-23(26-14)16-5-3-2-4-6-16)22(30)28-27-19(29)11-12-20-25-13-18(31-20)15-7-9-17(24)10-8-15/h2-10,13H,11-12H2,1H3,(H,27,29)(H,28,30). The van der Waals surface area contributed by atoms with Gasteiger partial charge in [-0.15, -0.1) is 11.3 Å². The molecular weight excluding hydrogens is 431 g/mol. The van der Waals surface area contributed by atoms with Gasteiger partial charge < -0.3 is 4.42 Å². The molecule has 2 aromatic carbocycles. The summed E-state index contributed by atoms with van der Waals surface area (Å²) in [7, 11) is 0. The molecule has 0 aliphatic carbocycles. The molecule has 9 heteroatoms. The molecule has 162 valence electrons. The summed E-state index contributed by atoms with van der Waals surface area (Å²) in [5.74, 6) is -0.284. The topological polar surface area (TPSA) is 97.1 Å². The minimum Gasteiger partial charge on any atom is -0.441 e. The summed E-state index contributed by atoms with van der Waals surface area (Å²) in [5.41, 5.74) is 7.03. The number of thiazole rings is 1. The van der Waals surface area contributed by atoms with E-state index in [2.05, 4.69) is 20.8 Å². The lowest BCUT2D eigenvalue weighted by atomic mass is 10.2. The van der Waals surface area contributed by atoms with Gasteiger partial charge in [0.2, 0.25) is 5.91 Å². The number of amides is 2. The van der Waals surface area contributed by atoms with E-state index in [9.17, 15) is 14.0 Å². The first-order chi connectivity index (χ1) is 15.5. The normalized spacial score (nSPS) is 10.7. The van der Waals surface area contributed by atoms with Gasteiger partial charge in [-0.25, -0.2) is 14.4 Å². The quantitative estimate of drug-likeness (QED) is 0.427. The molecule has 2 N–H and O–H groups in total. The Bertz CT molecular complexity index is 1240. The number of carbonyl (C=O) groups excluding carboxylic acids is 2. The summed E-state index contributed by atoms with van der Waals surface area (Å²) >= 11 is 1.26. The lowest BCUT2D eigenvalue weighted by Crippen LogP contribution is -2.41. The Morgan fingerprint density at radius 1 is 1.03 bits per heavy atom. The van der Waals surface area contributed by atoms with Crippen molar-refractivity contribution in [3.8, 4) is 21.9 Å². The number of oxazole rings is 1. The highest BCUT2D eigenvalue weighted by Crippen LogP contribution is 2.27. The van der Waals surface area contributed by atoms with Crippen LogP contribution in [0.4, 0.5) is 4.39 Å². The molecule has 0 aliphatic rings. The van der Waals surface area contributed by atoms with Crippen LogP contribution in [0.3, 0.4) is 0 Å². The molecule has 32 heavy (non-hydrogen) atoms. The summed E-state index contributed by atoms with van der Waals surface area (Å²) in [4.78, 5) is 33.6. The Balaban J connectivity index is 1.29. The zero-order valence-electron chi connectivity index (χ0n) is 17.1. The first-order valence-corrected chi connectivity index (χ1v) is 10.6. The lowest BCUT2D eigenvalue weighted by molar-refractivity contribution is -0.121. The van der Waals surface area contributed by atoms with Crippen LogP contribution >= 0.6 is 11.3 Å². The molecule has 0 saturated carbocycles. The summed E-state index contributed by atoms with van der Waals surface area (Å²) < 4.78 is 18.6. The van der Waals surface area contributed by atoms with E-state index in [1.807, 2.05) is 30.3 Å². The van der Waals surface area contributed by atoms with Crippen LogP contribution < -0.4 is 10.9 Å². The second-order valence-electron chi connectivity index (χ2n) is 6.93. The van der Waals surface area contributed by atoms with Crippen molar-refractivity contribution in [2.45, 2.75) is 19.8 Å². The molecule has 0 spiro atoms. The Kier molecular flexibility index (Phi) is 6.37. The van der Waals surface area contributed by atoms with Gasteiger partial charge in [0, 0.05) is 24.0 Å². The van der Waals surface area contributed by atoms with E-state index >= 15 is 0 Å². The number of hydrogen-bond donors (Lipinski definition) is 2. The molecule has 0 atom stereocenters. The number of benzene rings is 2. The highest BCUT2D eigenvalue weighted by Gasteiger charge is 2.17. The third kappa shape index (κ3) is 5.06. The van der Waals surface area contributed by atoms with E-state index in [0.717, 1.165) is 10.6 Å². The van der Waals surface area contributed by atoms with E-state index in [4.69, 9.17) is 4.42 Å². The number of carbonyl (C=O) groups is 2. The monoisotopic (exact) mass is 450 g/mol. The third-order valence-electron chi connectivity index (χ3n) is 4.59. The molecule has 4 rings (SSSR count). The maximum absolute atomic E-state index is 13.0. The zero-order chi connectivity index (χ0) is 22.5. The van der Waals surface area contributed by atoms with Gasteiger partial charge in [0.05, 0.1) is 11.9 Å². The van der Waals surface area contributed by atoms with Crippen molar-refractivity contribution in [2.24, 2.45) is 0 Å². The predicted octanol–water partition coefficient (Wildman–Crippen LogP) is 4.31. The molecule has 0 aliphatic heterocycles. The number of aryl methyl sites for hydroxylation is 2. The SMILES string of the molecule is Cc1nc(-c2ccccc2)sc1C(=O)NNC(=O)CCc1ncc(-c2ccc(F)cc2)o1. The summed E-state index contributed by atoms with van der Waals surface area (Å²) in [6, 6.07) is 15.4. The molecule has 2 amide bonds. The number of nitrogens with one attached hydrogen (secondary N) is 2. The van der Waals surface area contributed by atoms with Gasteiger partial charge in [0.1, 0.15) is 15.7 Å². The van der Waals surface area contributed by atoms with Gasteiger partial charge in [0.25, 0.3) is 5.91 Å². The number of aromatic nitrogens is 2. The first kappa shape index (κ1) is 21.4. The number of nitrogens with zero attached hydrogens (tertiary/aromatic N) is 2. The average Bonchev–Trinajstić information content (AvgIpc) is 3.44. The second-order valence-corrected chi connectivity index (χ2v) is 7.93. The maximum atomic E-state index is 13.0. The second kappa shape index (κ2) is 9.52. The first-order valence-electron chi connectivity index (χ1n) is 9.82. The summed E-state index contributed by atoms with van der Waals surface area (Å²) in [6.45, 7) is 1.75. The van der Waals surface area contributed by atoms with Crippen molar-refractivity contribution >= 4 is 23.2 Å². The smallest absolute Gasteiger partial charge is 0.281 e. The summed E-state index contributed by atoms with van der Waals surface area (Å²) in [6.07, 6.45) is 1.85. The molecule has 0 radical (unpaired) electrons. The fourth-order valence-corrected chi connectivity index (χ4v) is 3.92. The largest absolute Gasteiger partial charge is 0.441 e. The number of halogens is 1. The van der Waals surface area contributed by atoms with Crippen molar-refractivity contribution in [1.82, 2.24) is 20.8 Å². The van der Waals surface area contributed by atoms with Gasteiger partial charge >= 0.3 is 0 Å². The van der Waals surface area contributed by atoms with Crippen molar-refractivity contribution < 1.29 is 18.4 Å². The maximum Gasteiger partial charge on any atom is 0.281 e. The molecule has 0 saturated heterocycles. The average molecular weight is 450 g/mol. The van der Waals surface area contributed by atoms with Crippen molar-refractivity contribution in [2.75, 3.05) is 0 Å². The molecular formula is C23H19FN4O3S. The Hall–Kier alpha value is -3.85. The Labute approximate surface area is 187 Å². The van der Waals surface area contributed by atoms with E-state index in [-0.39, 0.29) is 24.6 Å². The molecule has 7 nitrogen and oxygen atoms in total. The molecule has 2 heterocycles. The van der Waals surface area contributed by atoms with Crippen LogP contribution in [0.1, 0.15) is 27.7 Å². The fourth-order valence-electron chi connectivity index (χ4n) is 2.95. The predicted molar refractivity (Wildman–Crippen MR) is 118 cm³/mol. The highest BCUT2D eigenvalue weighted by molar-refractivity contribution is 7.17. The van der Waals surface area contributed by atoms with Crippen LogP contribution in [0.5, 0.6) is 0 Å². The number of rotatable bonds is 6. The van der Waals surface area contributed by atoms with Crippen LogP contribution in [0, 0.1) is 12.7 Å². The van der Waals surface area contributed by atoms with Crippen LogP contribution in [-0.4, -0.2) is 21.8 Å². The van der Waals surface area contributed by atoms with Crippen molar-refractivity contribution in [3.63, 3.8) is 0 Å². The molecule has 0 unspecified atom stereocenters. The van der Waals surface area contributed by atoms with Crippen LogP contribution in [0.25, 0.3) is 21.9 Å². The van der Waals surface area contributed by atoms with Crippen LogP contribution in [0.15, 0.2) is 65.2 Å². The highest BCUT2D eigenvalue weighted by atomic mass is 32.1. The molecule has 0 bridgehead atoms. The minimum atomic E-state index is -0.426. The minimum absolute atomic E-state index is 0.0700. The molecule has 2 aromatic heterocycles. The third-order valence-corrected chi connectivity index (χ3v) is 5.79. The van der Waals surface area contributed by atoms with Crippen LogP contribution in [0.2, 0.25) is 0 Å². The lowest BCUT2D eigenvalue weighted by Gasteiger charge is -2.05. The van der Waals surface area contributed by atoms with Gasteiger partial charge in [-0.3, -0.25) is 20.4 Å². The van der Waals surface area contributed by atoms with E-state index in [1.165, 1.54) is 29.7 Å².